The lowest BCUT2D eigenvalue weighted by atomic mass is 10.1. The lowest BCUT2D eigenvalue weighted by molar-refractivity contribution is -0.140. The molecule has 2 aromatic rings. The Labute approximate surface area is 195 Å². The maximum atomic E-state index is 13.1. The van der Waals surface area contributed by atoms with Crippen molar-refractivity contribution in [2.75, 3.05) is 24.2 Å². The minimum Gasteiger partial charge on any atom is -0.357 e. The fraction of sp³-hybridized carbons (Fsp3) is 0.391. The van der Waals surface area contributed by atoms with E-state index in [0.717, 1.165) is 17.4 Å². The maximum absolute atomic E-state index is 13.1. The molecule has 0 aliphatic heterocycles. The van der Waals surface area contributed by atoms with Gasteiger partial charge in [-0.2, -0.15) is 0 Å². The van der Waals surface area contributed by atoms with Gasteiger partial charge in [0.1, 0.15) is 6.04 Å². The van der Waals surface area contributed by atoms with Crippen molar-refractivity contribution in [1.29, 1.82) is 0 Å². The van der Waals surface area contributed by atoms with Gasteiger partial charge < -0.3 is 10.2 Å². The Hall–Kier alpha value is -2.58. The van der Waals surface area contributed by atoms with Crippen molar-refractivity contribution in [3.8, 4) is 0 Å². The average molecular weight is 480 g/mol. The fourth-order valence-electron chi connectivity index (χ4n) is 3.39. The number of carbonyl (C=O) groups excluding carboxylic acids is 2. The highest BCUT2D eigenvalue weighted by molar-refractivity contribution is 7.92. The first-order valence-electron chi connectivity index (χ1n) is 10.3. The number of rotatable bonds is 10. The number of anilines is 1. The van der Waals surface area contributed by atoms with Crippen LogP contribution in [0.4, 0.5) is 5.69 Å². The van der Waals surface area contributed by atoms with Crippen molar-refractivity contribution in [1.82, 2.24) is 10.2 Å². The summed E-state index contributed by atoms with van der Waals surface area (Å²) in [6.45, 7) is 3.88. The SMILES string of the molecule is CNC(=O)[C@H](C)N(Cc1ccccc1Cl)C(=O)CCCN(c1cccc(C)c1)S(C)(=O)=O. The van der Waals surface area contributed by atoms with E-state index in [1.807, 2.05) is 25.1 Å². The summed E-state index contributed by atoms with van der Waals surface area (Å²) in [5.41, 5.74) is 2.24. The molecule has 0 aliphatic carbocycles. The van der Waals surface area contributed by atoms with Crippen molar-refractivity contribution in [2.24, 2.45) is 0 Å². The van der Waals surface area contributed by atoms with Gasteiger partial charge in [-0.25, -0.2) is 8.42 Å². The van der Waals surface area contributed by atoms with Crippen LogP contribution in [0.25, 0.3) is 0 Å². The van der Waals surface area contributed by atoms with Crippen molar-refractivity contribution in [2.45, 2.75) is 39.3 Å². The summed E-state index contributed by atoms with van der Waals surface area (Å²) in [5, 5.41) is 3.08. The van der Waals surface area contributed by atoms with Crippen molar-refractivity contribution in [3.63, 3.8) is 0 Å². The minimum atomic E-state index is -3.51. The second-order valence-electron chi connectivity index (χ2n) is 7.68. The fourth-order valence-corrected chi connectivity index (χ4v) is 4.54. The number of hydrogen-bond acceptors (Lipinski definition) is 4. The van der Waals surface area contributed by atoms with E-state index in [4.69, 9.17) is 11.6 Å². The number of halogens is 1. The quantitative estimate of drug-likeness (QED) is 0.566. The monoisotopic (exact) mass is 479 g/mol. The third kappa shape index (κ3) is 6.97. The first kappa shape index (κ1) is 25.7. The van der Waals surface area contributed by atoms with Gasteiger partial charge in [0.15, 0.2) is 0 Å². The minimum absolute atomic E-state index is 0.0869. The molecule has 174 valence electrons. The molecule has 9 heteroatoms. The molecule has 2 amide bonds. The molecule has 0 unspecified atom stereocenters. The number of sulfonamides is 1. The summed E-state index contributed by atoms with van der Waals surface area (Å²) in [7, 11) is -2.00. The number of aryl methyl sites for hydroxylation is 1. The molecule has 0 heterocycles. The Morgan fingerprint density at radius 2 is 1.81 bits per heavy atom. The van der Waals surface area contributed by atoms with Gasteiger partial charge in [-0.3, -0.25) is 13.9 Å². The zero-order valence-electron chi connectivity index (χ0n) is 18.8. The molecule has 0 fully saturated rings. The molecule has 1 atom stereocenters. The van der Waals surface area contributed by atoms with Gasteiger partial charge in [-0.1, -0.05) is 41.9 Å². The van der Waals surface area contributed by atoms with Gasteiger partial charge >= 0.3 is 0 Å². The van der Waals surface area contributed by atoms with Crippen LogP contribution >= 0.6 is 11.6 Å². The van der Waals surface area contributed by atoms with Crippen LogP contribution in [0.2, 0.25) is 5.02 Å². The lowest BCUT2D eigenvalue weighted by Gasteiger charge is -2.29. The summed E-state index contributed by atoms with van der Waals surface area (Å²) in [6.07, 6.45) is 1.54. The normalized spacial score (nSPS) is 12.2. The Balaban J connectivity index is 2.15. The van der Waals surface area contributed by atoms with Gasteiger partial charge in [-0.05, 0) is 49.6 Å². The summed E-state index contributed by atoms with van der Waals surface area (Å²) < 4.78 is 26.0. The smallest absolute Gasteiger partial charge is 0.242 e. The van der Waals surface area contributed by atoms with E-state index in [1.54, 1.807) is 37.3 Å². The first-order valence-corrected chi connectivity index (χ1v) is 12.6. The van der Waals surface area contributed by atoms with Gasteiger partial charge in [0, 0.05) is 31.6 Å². The molecule has 0 saturated carbocycles. The molecule has 32 heavy (non-hydrogen) atoms. The van der Waals surface area contributed by atoms with Crippen LogP contribution in [0.5, 0.6) is 0 Å². The molecule has 1 N–H and O–H groups in total. The number of hydrogen-bond donors (Lipinski definition) is 1. The molecule has 2 rings (SSSR count). The van der Waals surface area contributed by atoms with Crippen LogP contribution in [0.1, 0.15) is 30.9 Å². The van der Waals surface area contributed by atoms with E-state index in [-0.39, 0.29) is 31.3 Å². The summed E-state index contributed by atoms with van der Waals surface area (Å²) >= 11 is 6.26. The number of amides is 2. The highest BCUT2D eigenvalue weighted by Crippen LogP contribution is 2.21. The number of benzene rings is 2. The number of nitrogens with one attached hydrogen (secondary N) is 1. The van der Waals surface area contributed by atoms with Gasteiger partial charge in [-0.15, -0.1) is 0 Å². The first-order chi connectivity index (χ1) is 15.0. The topological polar surface area (TPSA) is 86.8 Å². The highest BCUT2D eigenvalue weighted by Gasteiger charge is 2.26. The molecule has 0 spiro atoms. The van der Waals surface area contributed by atoms with Crippen molar-refractivity contribution in [3.05, 3.63) is 64.7 Å². The van der Waals surface area contributed by atoms with E-state index in [9.17, 15) is 18.0 Å². The van der Waals surface area contributed by atoms with Crippen LogP contribution in [-0.4, -0.2) is 51.0 Å². The second-order valence-corrected chi connectivity index (χ2v) is 9.99. The number of likely N-dealkylation sites (N-methyl/N-ethyl adjacent to an activating group) is 1. The van der Waals surface area contributed by atoms with E-state index >= 15 is 0 Å². The Morgan fingerprint density at radius 1 is 1.12 bits per heavy atom. The van der Waals surface area contributed by atoms with Crippen LogP contribution < -0.4 is 9.62 Å². The summed E-state index contributed by atoms with van der Waals surface area (Å²) in [6, 6.07) is 13.7. The molecule has 0 aromatic heterocycles. The Kier molecular flexibility index (Phi) is 9.09. The summed E-state index contributed by atoms with van der Waals surface area (Å²) in [4.78, 5) is 26.8. The van der Waals surface area contributed by atoms with Crippen molar-refractivity contribution >= 4 is 39.1 Å². The van der Waals surface area contributed by atoms with Crippen LogP contribution in [0.15, 0.2) is 48.5 Å². The van der Waals surface area contributed by atoms with Crippen LogP contribution in [-0.2, 0) is 26.2 Å². The molecule has 2 aromatic carbocycles. The van der Waals surface area contributed by atoms with Gasteiger partial charge in [0.25, 0.3) is 0 Å². The number of nitrogens with zero attached hydrogens (tertiary/aromatic N) is 2. The zero-order valence-corrected chi connectivity index (χ0v) is 20.4. The second kappa shape index (κ2) is 11.3. The highest BCUT2D eigenvalue weighted by atomic mass is 35.5. The lowest BCUT2D eigenvalue weighted by Crippen LogP contribution is -2.46. The Bertz CT molecular complexity index is 1060. The molecular weight excluding hydrogens is 450 g/mol. The standard InChI is InChI=1S/C23H30ClN3O4S/c1-17-9-7-11-20(15-17)27(32(4,30)31)14-8-13-22(28)26(18(2)23(29)25-3)16-19-10-5-6-12-21(19)24/h5-7,9-12,15,18H,8,13-14,16H2,1-4H3,(H,25,29)/t18-/m0/s1. The average Bonchev–Trinajstić information content (AvgIpc) is 2.74. The van der Waals surface area contributed by atoms with E-state index in [0.29, 0.717) is 17.1 Å². The summed E-state index contributed by atoms with van der Waals surface area (Å²) in [5.74, 6) is -0.540. The predicted molar refractivity (Wildman–Crippen MR) is 128 cm³/mol. The third-order valence-corrected chi connectivity index (χ3v) is 6.72. The maximum Gasteiger partial charge on any atom is 0.242 e. The zero-order chi connectivity index (χ0) is 23.9. The Morgan fingerprint density at radius 3 is 2.41 bits per heavy atom. The molecule has 7 nitrogen and oxygen atoms in total. The molecule has 0 saturated heterocycles. The third-order valence-electron chi connectivity index (χ3n) is 5.15. The molecule has 0 bridgehead atoms. The molecule has 0 aliphatic rings. The largest absolute Gasteiger partial charge is 0.357 e. The van der Waals surface area contributed by atoms with E-state index in [1.165, 1.54) is 16.3 Å². The van der Waals surface area contributed by atoms with Crippen LogP contribution in [0.3, 0.4) is 0 Å². The van der Waals surface area contributed by atoms with E-state index in [2.05, 4.69) is 5.32 Å². The predicted octanol–water partition coefficient (Wildman–Crippen LogP) is 3.36. The van der Waals surface area contributed by atoms with Gasteiger partial charge in [0.2, 0.25) is 21.8 Å². The van der Waals surface area contributed by atoms with Crippen molar-refractivity contribution < 1.29 is 18.0 Å². The molecular formula is C23H30ClN3O4S. The van der Waals surface area contributed by atoms with Crippen LogP contribution in [0, 0.1) is 6.92 Å². The van der Waals surface area contributed by atoms with Gasteiger partial charge in [0.05, 0.1) is 11.9 Å². The van der Waals surface area contributed by atoms with E-state index < -0.39 is 16.1 Å². The molecule has 0 radical (unpaired) electrons. The number of carbonyl (C=O) groups is 2.